The molecule has 0 bridgehead atoms. The molecule has 1 saturated heterocycles. The van der Waals surface area contributed by atoms with Gasteiger partial charge in [-0.1, -0.05) is 0 Å². The van der Waals surface area contributed by atoms with Crippen molar-refractivity contribution in [3.63, 3.8) is 0 Å². The summed E-state index contributed by atoms with van der Waals surface area (Å²) in [6, 6.07) is -0.749. The number of aliphatic hydroxyl groups is 1. The van der Waals surface area contributed by atoms with Crippen molar-refractivity contribution in [2.45, 2.75) is 38.8 Å². The van der Waals surface area contributed by atoms with Gasteiger partial charge in [0.25, 0.3) is 10.2 Å². The molecule has 0 amide bonds. The molecule has 0 aromatic rings. The molecule has 2 atom stereocenters. The minimum Gasteiger partial charge on any atom is -0.465 e. The van der Waals surface area contributed by atoms with E-state index >= 15 is 0 Å². The van der Waals surface area contributed by atoms with Gasteiger partial charge in [-0.2, -0.15) is 17.0 Å². The minimum atomic E-state index is -3.74. The van der Waals surface area contributed by atoms with Crippen LogP contribution in [0.5, 0.6) is 0 Å². The first-order chi connectivity index (χ1) is 8.80. The molecule has 2 unspecified atom stereocenters. The molecular formula is C11H22N2O5S. The van der Waals surface area contributed by atoms with Gasteiger partial charge in [-0.15, -0.1) is 0 Å². The third kappa shape index (κ3) is 3.88. The molecule has 8 heteroatoms. The molecule has 19 heavy (non-hydrogen) atoms. The average Bonchev–Trinajstić information content (AvgIpc) is 2.77. The van der Waals surface area contributed by atoms with Crippen molar-refractivity contribution in [2.75, 3.05) is 26.7 Å². The summed E-state index contributed by atoms with van der Waals surface area (Å²) in [6.45, 7) is 3.72. The van der Waals surface area contributed by atoms with E-state index in [2.05, 4.69) is 0 Å². The van der Waals surface area contributed by atoms with Crippen molar-refractivity contribution < 1.29 is 23.1 Å². The maximum atomic E-state index is 12.3. The average molecular weight is 294 g/mol. The number of likely N-dealkylation sites (N-methyl/N-ethyl adjacent to an activating group) is 1. The first kappa shape index (κ1) is 16.4. The second kappa shape index (κ2) is 6.65. The molecule has 0 aromatic carbocycles. The maximum Gasteiger partial charge on any atom is 0.324 e. The Morgan fingerprint density at radius 1 is 1.58 bits per heavy atom. The van der Waals surface area contributed by atoms with E-state index in [9.17, 15) is 18.3 Å². The summed E-state index contributed by atoms with van der Waals surface area (Å²) in [7, 11) is -2.35. The molecule has 1 heterocycles. The van der Waals surface area contributed by atoms with Crippen LogP contribution >= 0.6 is 0 Å². The fourth-order valence-electron chi connectivity index (χ4n) is 2.14. The Bertz CT molecular complexity index is 409. The Morgan fingerprint density at radius 2 is 2.21 bits per heavy atom. The lowest BCUT2D eigenvalue weighted by Gasteiger charge is -2.28. The van der Waals surface area contributed by atoms with E-state index in [-0.39, 0.29) is 13.2 Å². The zero-order valence-electron chi connectivity index (χ0n) is 11.6. The zero-order valence-corrected chi connectivity index (χ0v) is 12.4. The highest BCUT2D eigenvalue weighted by Gasteiger charge is 2.41. The number of hydrogen-bond donors (Lipinski definition) is 1. The fourth-order valence-corrected chi connectivity index (χ4v) is 3.77. The molecule has 0 aliphatic carbocycles. The lowest BCUT2D eigenvalue weighted by molar-refractivity contribution is -0.146. The first-order valence-electron chi connectivity index (χ1n) is 6.38. The Balaban J connectivity index is 2.84. The molecule has 1 aliphatic heterocycles. The van der Waals surface area contributed by atoms with E-state index in [0.29, 0.717) is 19.4 Å². The van der Waals surface area contributed by atoms with Gasteiger partial charge in [0.1, 0.15) is 6.04 Å². The number of hydrogen-bond acceptors (Lipinski definition) is 5. The summed E-state index contributed by atoms with van der Waals surface area (Å²) in [5.41, 5.74) is 0. The van der Waals surface area contributed by atoms with Crippen LogP contribution in [0.25, 0.3) is 0 Å². The number of rotatable bonds is 6. The van der Waals surface area contributed by atoms with E-state index in [1.54, 1.807) is 6.92 Å². The minimum absolute atomic E-state index is 0.00558. The molecule has 1 fully saturated rings. The first-order valence-corrected chi connectivity index (χ1v) is 7.78. The Morgan fingerprint density at radius 3 is 2.74 bits per heavy atom. The summed E-state index contributed by atoms with van der Waals surface area (Å²) >= 11 is 0. The van der Waals surface area contributed by atoms with E-state index < -0.39 is 28.3 Å². The summed E-state index contributed by atoms with van der Waals surface area (Å²) in [6.07, 6.45) is 0.342. The van der Waals surface area contributed by atoms with Crippen molar-refractivity contribution in [2.24, 2.45) is 0 Å². The van der Waals surface area contributed by atoms with E-state index in [1.165, 1.54) is 14.0 Å². The normalized spacial score (nSPS) is 22.7. The van der Waals surface area contributed by atoms with Gasteiger partial charge in [0.2, 0.25) is 0 Å². The standard InChI is InChI=1S/C11H22N2O5S/c1-4-18-11(15)10-6-5-7-13(10)19(16,17)12(3)8-9(2)14/h9-10,14H,4-8H2,1-3H3. The highest BCUT2D eigenvalue weighted by atomic mass is 32.2. The predicted molar refractivity (Wildman–Crippen MR) is 69.6 cm³/mol. The predicted octanol–water partition coefficient (Wildman–Crippen LogP) is -0.429. The number of ether oxygens (including phenoxy) is 1. The van der Waals surface area contributed by atoms with E-state index in [4.69, 9.17) is 4.74 Å². The number of esters is 1. The molecule has 7 nitrogen and oxygen atoms in total. The van der Waals surface area contributed by atoms with Crippen molar-refractivity contribution in [1.29, 1.82) is 0 Å². The molecule has 0 saturated carbocycles. The van der Waals surface area contributed by atoms with Crippen LogP contribution in [0.15, 0.2) is 0 Å². The topological polar surface area (TPSA) is 87.2 Å². The summed E-state index contributed by atoms with van der Waals surface area (Å²) in [4.78, 5) is 11.8. The Kier molecular flexibility index (Phi) is 5.72. The number of aliphatic hydroxyl groups excluding tert-OH is 1. The van der Waals surface area contributed by atoms with Gasteiger partial charge in [0, 0.05) is 20.1 Å². The Labute approximate surface area is 114 Å². The van der Waals surface area contributed by atoms with Crippen molar-refractivity contribution >= 4 is 16.2 Å². The van der Waals surface area contributed by atoms with E-state index in [1.807, 2.05) is 0 Å². The van der Waals surface area contributed by atoms with Crippen LogP contribution in [-0.4, -0.2) is 67.0 Å². The molecule has 1 N–H and O–H groups in total. The van der Waals surface area contributed by atoms with Gasteiger partial charge < -0.3 is 9.84 Å². The van der Waals surface area contributed by atoms with Crippen molar-refractivity contribution in [3.05, 3.63) is 0 Å². The monoisotopic (exact) mass is 294 g/mol. The third-order valence-electron chi connectivity index (χ3n) is 2.97. The van der Waals surface area contributed by atoms with Crippen LogP contribution in [0, 0.1) is 0 Å². The van der Waals surface area contributed by atoms with Crippen molar-refractivity contribution in [3.8, 4) is 0 Å². The summed E-state index contributed by atoms with van der Waals surface area (Å²) < 4.78 is 31.8. The lowest BCUT2D eigenvalue weighted by Crippen LogP contribution is -2.49. The van der Waals surface area contributed by atoms with Crippen LogP contribution in [0.4, 0.5) is 0 Å². The van der Waals surface area contributed by atoms with Crippen LogP contribution in [-0.2, 0) is 19.7 Å². The van der Waals surface area contributed by atoms with Gasteiger partial charge in [0.05, 0.1) is 12.7 Å². The molecule has 1 rings (SSSR count). The largest absolute Gasteiger partial charge is 0.465 e. The number of carbonyl (C=O) groups is 1. The fraction of sp³-hybridized carbons (Fsp3) is 0.909. The van der Waals surface area contributed by atoms with Gasteiger partial charge in [-0.25, -0.2) is 0 Å². The number of nitrogens with zero attached hydrogens (tertiary/aromatic N) is 2. The molecule has 0 spiro atoms. The van der Waals surface area contributed by atoms with Gasteiger partial charge in [-0.3, -0.25) is 4.79 Å². The highest BCUT2D eigenvalue weighted by molar-refractivity contribution is 7.86. The maximum absolute atomic E-state index is 12.3. The van der Waals surface area contributed by atoms with Crippen molar-refractivity contribution in [1.82, 2.24) is 8.61 Å². The van der Waals surface area contributed by atoms with Crippen LogP contribution in [0.3, 0.4) is 0 Å². The molecule has 1 aliphatic rings. The zero-order chi connectivity index (χ0) is 14.6. The molecular weight excluding hydrogens is 272 g/mol. The highest BCUT2D eigenvalue weighted by Crippen LogP contribution is 2.23. The number of carbonyl (C=O) groups excluding carboxylic acids is 1. The lowest BCUT2D eigenvalue weighted by atomic mass is 10.2. The van der Waals surface area contributed by atoms with Crippen LogP contribution in [0.2, 0.25) is 0 Å². The second-order valence-electron chi connectivity index (χ2n) is 4.66. The second-order valence-corrected chi connectivity index (χ2v) is 6.65. The van der Waals surface area contributed by atoms with E-state index in [0.717, 1.165) is 8.61 Å². The van der Waals surface area contributed by atoms with Gasteiger partial charge >= 0.3 is 5.97 Å². The van der Waals surface area contributed by atoms with Crippen LogP contribution < -0.4 is 0 Å². The smallest absolute Gasteiger partial charge is 0.324 e. The molecule has 0 aromatic heterocycles. The summed E-state index contributed by atoms with van der Waals surface area (Å²) in [5, 5.41) is 9.27. The van der Waals surface area contributed by atoms with Crippen LogP contribution in [0.1, 0.15) is 26.7 Å². The summed E-state index contributed by atoms with van der Waals surface area (Å²) in [5.74, 6) is -0.506. The third-order valence-corrected chi connectivity index (χ3v) is 4.94. The van der Waals surface area contributed by atoms with Gasteiger partial charge in [-0.05, 0) is 26.7 Å². The van der Waals surface area contributed by atoms with Gasteiger partial charge in [0.15, 0.2) is 0 Å². The Hall–Kier alpha value is -0.700. The molecule has 112 valence electrons. The quantitative estimate of drug-likeness (QED) is 0.672. The molecule has 0 radical (unpaired) electrons. The SMILES string of the molecule is CCOC(=O)C1CCCN1S(=O)(=O)N(C)CC(C)O.